The summed E-state index contributed by atoms with van der Waals surface area (Å²) in [5.41, 5.74) is 3.06. The van der Waals surface area contributed by atoms with Gasteiger partial charge in [0.15, 0.2) is 0 Å². The van der Waals surface area contributed by atoms with Crippen LogP contribution < -0.4 is 0 Å². The molecule has 1 unspecified atom stereocenters. The molecule has 0 bridgehead atoms. The molecule has 1 atom stereocenters. The van der Waals surface area contributed by atoms with E-state index in [-0.39, 0.29) is 11.2 Å². The number of hydrogen-bond donors (Lipinski definition) is 0. The number of pyridine rings is 1. The summed E-state index contributed by atoms with van der Waals surface area (Å²) in [6, 6.07) is 8.60. The van der Waals surface area contributed by atoms with Crippen LogP contribution in [0.1, 0.15) is 22.2 Å². The van der Waals surface area contributed by atoms with Crippen molar-refractivity contribution in [1.29, 1.82) is 0 Å². The van der Waals surface area contributed by atoms with Crippen molar-refractivity contribution in [3.8, 4) is 0 Å². The first kappa shape index (κ1) is 13.7. The highest BCUT2D eigenvalue weighted by Crippen LogP contribution is 2.29. The molecule has 0 aliphatic rings. The molecule has 1 aromatic carbocycles. The Bertz CT molecular complexity index is 559. The van der Waals surface area contributed by atoms with Crippen LogP contribution in [0.15, 0.2) is 36.5 Å². The number of aryl methyl sites for hydroxylation is 1. The first-order chi connectivity index (χ1) is 8.58. The van der Waals surface area contributed by atoms with Crippen LogP contribution in [-0.4, -0.2) is 4.98 Å². The third kappa shape index (κ3) is 3.20. The van der Waals surface area contributed by atoms with Crippen LogP contribution in [0, 0.1) is 16.3 Å². The van der Waals surface area contributed by atoms with Crippen molar-refractivity contribution >= 4 is 34.2 Å². The summed E-state index contributed by atoms with van der Waals surface area (Å²) in [7, 11) is 0. The second-order valence-corrected chi connectivity index (χ2v) is 5.79. The van der Waals surface area contributed by atoms with Gasteiger partial charge in [-0.3, -0.25) is 4.98 Å². The van der Waals surface area contributed by atoms with Gasteiger partial charge in [0.05, 0.1) is 5.38 Å². The van der Waals surface area contributed by atoms with Gasteiger partial charge < -0.3 is 0 Å². The molecule has 1 heterocycles. The Hall–Kier alpha value is -0.680. The minimum atomic E-state index is -0.235. The number of nitrogens with zero attached hydrogens (tertiary/aromatic N) is 1. The molecule has 0 radical (unpaired) electrons. The molecule has 0 amide bonds. The second kappa shape index (κ2) is 5.97. The molecule has 0 saturated carbocycles. The molecule has 0 aliphatic carbocycles. The molecule has 1 nitrogen and oxygen atoms in total. The second-order valence-electron chi connectivity index (χ2n) is 4.10. The van der Waals surface area contributed by atoms with Crippen LogP contribution in [0.25, 0.3) is 0 Å². The largest absolute Gasteiger partial charge is 0.261 e. The van der Waals surface area contributed by atoms with E-state index in [4.69, 9.17) is 11.6 Å². The predicted molar refractivity (Wildman–Crippen MR) is 80.4 cm³/mol. The monoisotopic (exact) mass is 375 g/mol. The molecule has 1 aromatic heterocycles. The van der Waals surface area contributed by atoms with E-state index in [9.17, 15) is 4.39 Å². The quantitative estimate of drug-likeness (QED) is 0.562. The van der Waals surface area contributed by atoms with E-state index < -0.39 is 0 Å². The Labute approximate surface area is 125 Å². The smallest absolute Gasteiger partial charge is 0.124 e. The third-order valence-corrected chi connectivity index (χ3v) is 4.11. The number of benzene rings is 1. The molecule has 94 valence electrons. The Morgan fingerprint density at radius 2 is 2.17 bits per heavy atom. The van der Waals surface area contributed by atoms with Gasteiger partial charge in [-0.25, -0.2) is 4.39 Å². The van der Waals surface area contributed by atoms with Crippen LogP contribution in [0.4, 0.5) is 4.39 Å². The van der Waals surface area contributed by atoms with Crippen molar-refractivity contribution < 1.29 is 4.39 Å². The van der Waals surface area contributed by atoms with Crippen molar-refractivity contribution in [2.24, 2.45) is 0 Å². The number of alkyl halides is 1. The SMILES string of the molecule is Cc1cccnc1CC(Cl)c1ccc(F)cc1I. The van der Waals surface area contributed by atoms with Crippen LogP contribution in [0.3, 0.4) is 0 Å². The summed E-state index contributed by atoms with van der Waals surface area (Å²) in [6.07, 6.45) is 2.41. The third-order valence-electron chi connectivity index (χ3n) is 2.79. The number of halogens is 3. The highest BCUT2D eigenvalue weighted by atomic mass is 127. The lowest BCUT2D eigenvalue weighted by atomic mass is 10.0. The van der Waals surface area contributed by atoms with Crippen LogP contribution in [0.2, 0.25) is 0 Å². The van der Waals surface area contributed by atoms with Gasteiger partial charge in [0.25, 0.3) is 0 Å². The Balaban J connectivity index is 2.22. The van der Waals surface area contributed by atoms with Gasteiger partial charge in [0, 0.05) is 21.9 Å². The van der Waals surface area contributed by atoms with Gasteiger partial charge in [0.2, 0.25) is 0 Å². The normalized spacial score (nSPS) is 12.4. The van der Waals surface area contributed by atoms with Gasteiger partial charge in [0.1, 0.15) is 5.82 Å². The summed E-state index contributed by atoms with van der Waals surface area (Å²) in [5, 5.41) is -0.189. The van der Waals surface area contributed by atoms with Gasteiger partial charge in [-0.2, -0.15) is 0 Å². The van der Waals surface area contributed by atoms with Crippen molar-refractivity contribution in [3.05, 3.63) is 62.7 Å². The van der Waals surface area contributed by atoms with Crippen molar-refractivity contribution in [1.82, 2.24) is 4.98 Å². The van der Waals surface area contributed by atoms with E-state index in [1.165, 1.54) is 12.1 Å². The molecule has 0 fully saturated rings. The maximum Gasteiger partial charge on any atom is 0.124 e. The number of hydrogen-bond acceptors (Lipinski definition) is 1. The summed E-state index contributed by atoms with van der Waals surface area (Å²) in [6.45, 7) is 2.02. The minimum Gasteiger partial charge on any atom is -0.261 e. The summed E-state index contributed by atoms with van der Waals surface area (Å²) >= 11 is 8.51. The lowest BCUT2D eigenvalue weighted by Gasteiger charge is -2.13. The fourth-order valence-corrected chi connectivity index (χ4v) is 3.14. The zero-order valence-electron chi connectivity index (χ0n) is 9.83. The maximum absolute atomic E-state index is 13.0. The van der Waals surface area contributed by atoms with Crippen molar-refractivity contribution in [3.63, 3.8) is 0 Å². The fourth-order valence-electron chi connectivity index (χ4n) is 1.77. The van der Waals surface area contributed by atoms with E-state index in [0.29, 0.717) is 6.42 Å². The topological polar surface area (TPSA) is 12.9 Å². The molecule has 2 aromatic rings. The molecule has 0 N–H and O–H groups in total. The molecule has 2 rings (SSSR count). The molecule has 0 spiro atoms. The van der Waals surface area contributed by atoms with Crippen LogP contribution in [-0.2, 0) is 6.42 Å². The summed E-state index contributed by atoms with van der Waals surface area (Å²) in [5.74, 6) is -0.235. The van der Waals surface area contributed by atoms with Crippen LogP contribution in [0.5, 0.6) is 0 Å². The van der Waals surface area contributed by atoms with Gasteiger partial charge in [-0.15, -0.1) is 11.6 Å². The first-order valence-corrected chi connectivity index (χ1v) is 7.09. The van der Waals surface area contributed by atoms with E-state index in [1.54, 1.807) is 12.3 Å². The first-order valence-electron chi connectivity index (χ1n) is 5.57. The lowest BCUT2D eigenvalue weighted by molar-refractivity contribution is 0.625. The number of aromatic nitrogens is 1. The molecule has 0 saturated heterocycles. The fraction of sp³-hybridized carbons (Fsp3) is 0.214. The molecule has 0 aliphatic heterocycles. The molecular weight excluding hydrogens is 364 g/mol. The average molecular weight is 376 g/mol. The zero-order valence-corrected chi connectivity index (χ0v) is 12.7. The standard InChI is InChI=1S/C14H12ClFIN/c1-9-3-2-6-18-14(9)8-12(15)11-5-4-10(16)7-13(11)17/h2-7,12H,8H2,1H3. The van der Waals surface area contributed by atoms with Crippen molar-refractivity contribution in [2.45, 2.75) is 18.7 Å². The Morgan fingerprint density at radius 3 is 2.83 bits per heavy atom. The van der Waals surface area contributed by atoms with E-state index in [0.717, 1.165) is 20.4 Å². The zero-order chi connectivity index (χ0) is 13.1. The average Bonchev–Trinajstić information content (AvgIpc) is 2.32. The van der Waals surface area contributed by atoms with Gasteiger partial charge in [-0.05, 0) is 58.8 Å². The molecular formula is C14H12ClFIN. The highest BCUT2D eigenvalue weighted by molar-refractivity contribution is 14.1. The van der Waals surface area contributed by atoms with Gasteiger partial charge >= 0.3 is 0 Å². The summed E-state index contributed by atoms with van der Waals surface area (Å²) in [4.78, 5) is 4.33. The highest BCUT2D eigenvalue weighted by Gasteiger charge is 2.14. The molecule has 18 heavy (non-hydrogen) atoms. The lowest BCUT2D eigenvalue weighted by Crippen LogP contribution is -2.02. The van der Waals surface area contributed by atoms with Gasteiger partial charge in [-0.1, -0.05) is 12.1 Å². The Kier molecular flexibility index (Phi) is 4.56. The minimum absolute atomic E-state index is 0.189. The van der Waals surface area contributed by atoms with Crippen LogP contribution >= 0.6 is 34.2 Å². The van der Waals surface area contributed by atoms with Crippen molar-refractivity contribution in [2.75, 3.05) is 0 Å². The maximum atomic E-state index is 13.0. The summed E-state index contributed by atoms with van der Waals surface area (Å²) < 4.78 is 13.9. The van der Waals surface area contributed by atoms with E-state index >= 15 is 0 Å². The predicted octanol–water partition coefficient (Wildman–Crippen LogP) is 4.66. The van der Waals surface area contributed by atoms with E-state index in [1.807, 2.05) is 19.1 Å². The Morgan fingerprint density at radius 1 is 1.39 bits per heavy atom. The van der Waals surface area contributed by atoms with E-state index in [2.05, 4.69) is 27.6 Å². The number of rotatable bonds is 3. The molecule has 4 heteroatoms.